The molecule has 1 N–H and O–H groups in total. The second-order valence-electron chi connectivity index (χ2n) is 5.73. The molecule has 0 radical (unpaired) electrons. The van der Waals surface area contributed by atoms with E-state index in [1.807, 2.05) is 30.3 Å². The van der Waals surface area contributed by atoms with Crippen LogP contribution in [0, 0.1) is 0 Å². The van der Waals surface area contributed by atoms with Gasteiger partial charge in [-0.25, -0.2) is 4.79 Å². The maximum atomic E-state index is 12.5. The average Bonchev–Trinajstić information content (AvgIpc) is 3.14. The molecule has 0 aliphatic rings. The number of halogens is 1. The summed E-state index contributed by atoms with van der Waals surface area (Å²) >= 11 is 6.19. The van der Waals surface area contributed by atoms with Gasteiger partial charge in [0.25, 0.3) is 5.91 Å². The SMILES string of the molecule is O=C(Nc1nnc(SCc2ccc(Br)cc2)s1)c1cc2ccccc2oc1=O. The van der Waals surface area contributed by atoms with Crippen molar-refractivity contribution >= 4 is 61.0 Å². The Morgan fingerprint density at radius 2 is 1.93 bits per heavy atom. The van der Waals surface area contributed by atoms with Crippen LogP contribution in [0.15, 0.2) is 72.6 Å². The fraction of sp³-hybridized carbons (Fsp3) is 0.0526. The highest BCUT2D eigenvalue weighted by Crippen LogP contribution is 2.29. The summed E-state index contributed by atoms with van der Waals surface area (Å²) in [7, 11) is 0. The van der Waals surface area contributed by atoms with Gasteiger partial charge in [0.05, 0.1) is 0 Å². The molecule has 4 rings (SSSR count). The monoisotopic (exact) mass is 473 g/mol. The molecule has 4 aromatic rings. The van der Waals surface area contributed by atoms with Gasteiger partial charge in [-0.3, -0.25) is 10.1 Å². The molecule has 6 nitrogen and oxygen atoms in total. The number of amides is 1. The Bertz CT molecular complexity index is 1210. The molecule has 2 aromatic carbocycles. The van der Waals surface area contributed by atoms with Gasteiger partial charge in [-0.2, -0.15) is 0 Å². The summed E-state index contributed by atoms with van der Waals surface area (Å²) in [6.45, 7) is 0. The van der Waals surface area contributed by atoms with Crippen LogP contribution in [0.25, 0.3) is 11.0 Å². The van der Waals surface area contributed by atoms with Gasteiger partial charge in [-0.15, -0.1) is 10.2 Å². The van der Waals surface area contributed by atoms with Crippen LogP contribution in [-0.4, -0.2) is 16.1 Å². The van der Waals surface area contributed by atoms with E-state index in [4.69, 9.17) is 4.42 Å². The van der Waals surface area contributed by atoms with Crippen LogP contribution in [0.1, 0.15) is 15.9 Å². The fourth-order valence-electron chi connectivity index (χ4n) is 2.43. The molecule has 0 fully saturated rings. The third-order valence-corrected chi connectivity index (χ3v) is 6.36. The van der Waals surface area contributed by atoms with Crippen LogP contribution >= 0.6 is 39.0 Å². The van der Waals surface area contributed by atoms with E-state index >= 15 is 0 Å². The topological polar surface area (TPSA) is 85.1 Å². The molecule has 0 bridgehead atoms. The molecule has 2 heterocycles. The van der Waals surface area contributed by atoms with E-state index in [0.29, 0.717) is 16.1 Å². The molecule has 0 aliphatic heterocycles. The second-order valence-corrected chi connectivity index (χ2v) is 8.84. The molecule has 0 spiro atoms. The Morgan fingerprint density at radius 3 is 2.75 bits per heavy atom. The van der Waals surface area contributed by atoms with E-state index < -0.39 is 11.5 Å². The van der Waals surface area contributed by atoms with Crippen molar-refractivity contribution in [1.29, 1.82) is 0 Å². The van der Waals surface area contributed by atoms with Crippen LogP contribution in [0.2, 0.25) is 0 Å². The first-order valence-corrected chi connectivity index (χ1v) is 10.7. The Labute approximate surface area is 176 Å². The number of nitrogens with zero attached hydrogens (tertiary/aromatic N) is 2. The molecule has 28 heavy (non-hydrogen) atoms. The summed E-state index contributed by atoms with van der Waals surface area (Å²) in [5, 5.41) is 11.7. The van der Waals surface area contributed by atoms with Gasteiger partial charge in [0.1, 0.15) is 11.1 Å². The molecule has 0 atom stereocenters. The third-order valence-electron chi connectivity index (χ3n) is 3.79. The lowest BCUT2D eigenvalue weighted by atomic mass is 10.2. The van der Waals surface area contributed by atoms with Crippen molar-refractivity contribution in [2.75, 3.05) is 5.32 Å². The molecular weight excluding hydrogens is 462 g/mol. The zero-order valence-electron chi connectivity index (χ0n) is 14.2. The van der Waals surface area contributed by atoms with Gasteiger partial charge < -0.3 is 4.42 Å². The number of aromatic nitrogens is 2. The van der Waals surface area contributed by atoms with E-state index in [9.17, 15) is 9.59 Å². The Kier molecular flexibility index (Phi) is 5.56. The third kappa shape index (κ3) is 4.32. The predicted molar refractivity (Wildman–Crippen MR) is 114 cm³/mol. The standard InChI is InChI=1S/C19H12BrN3O3S2/c20-13-7-5-11(6-8-13)10-27-19-23-22-18(28-19)21-16(24)14-9-12-3-1-2-4-15(12)26-17(14)25/h1-9H,10H2,(H,21,22,24). The van der Waals surface area contributed by atoms with Crippen LogP contribution in [-0.2, 0) is 5.75 Å². The first-order valence-electron chi connectivity index (χ1n) is 8.13. The lowest BCUT2D eigenvalue weighted by Crippen LogP contribution is -2.20. The summed E-state index contributed by atoms with van der Waals surface area (Å²) < 4.78 is 6.95. The Morgan fingerprint density at radius 1 is 1.14 bits per heavy atom. The van der Waals surface area contributed by atoms with Crippen molar-refractivity contribution in [2.24, 2.45) is 0 Å². The number of hydrogen-bond donors (Lipinski definition) is 1. The number of anilines is 1. The number of hydrogen-bond acceptors (Lipinski definition) is 7. The maximum Gasteiger partial charge on any atom is 0.349 e. The molecule has 140 valence electrons. The van der Waals surface area contributed by atoms with E-state index in [1.54, 1.807) is 18.2 Å². The van der Waals surface area contributed by atoms with Gasteiger partial charge in [-0.05, 0) is 29.8 Å². The minimum atomic E-state index is -0.689. The lowest BCUT2D eigenvalue weighted by Gasteiger charge is -2.01. The number of fused-ring (bicyclic) bond motifs is 1. The lowest BCUT2D eigenvalue weighted by molar-refractivity contribution is 0.102. The quantitative estimate of drug-likeness (QED) is 0.250. The highest BCUT2D eigenvalue weighted by atomic mass is 79.9. The molecule has 2 aromatic heterocycles. The van der Waals surface area contributed by atoms with Crippen molar-refractivity contribution in [2.45, 2.75) is 10.1 Å². The van der Waals surface area contributed by atoms with Crippen molar-refractivity contribution in [3.05, 3.63) is 80.6 Å². The minimum absolute atomic E-state index is 0.0713. The second kappa shape index (κ2) is 8.26. The normalized spacial score (nSPS) is 10.9. The van der Waals surface area contributed by atoms with Gasteiger partial charge in [0.15, 0.2) is 4.34 Å². The van der Waals surface area contributed by atoms with Crippen molar-refractivity contribution in [3.8, 4) is 0 Å². The highest BCUT2D eigenvalue weighted by Gasteiger charge is 2.16. The maximum absolute atomic E-state index is 12.5. The van der Waals surface area contributed by atoms with Gasteiger partial charge in [0, 0.05) is 15.6 Å². The van der Waals surface area contributed by atoms with Crippen molar-refractivity contribution < 1.29 is 9.21 Å². The molecule has 1 amide bonds. The van der Waals surface area contributed by atoms with Crippen LogP contribution in [0.5, 0.6) is 0 Å². The Hall–Kier alpha value is -2.49. The van der Waals surface area contributed by atoms with Gasteiger partial charge in [0.2, 0.25) is 5.13 Å². The zero-order valence-corrected chi connectivity index (χ0v) is 17.4. The molecule has 0 saturated heterocycles. The molecule has 0 aliphatic carbocycles. The Balaban J connectivity index is 1.45. The summed E-state index contributed by atoms with van der Waals surface area (Å²) in [4.78, 5) is 24.5. The zero-order chi connectivity index (χ0) is 19.5. The van der Waals surface area contributed by atoms with Crippen molar-refractivity contribution in [1.82, 2.24) is 10.2 Å². The van der Waals surface area contributed by atoms with Gasteiger partial charge >= 0.3 is 5.63 Å². The number of benzene rings is 2. The molecular formula is C19H12BrN3O3S2. The summed E-state index contributed by atoms with van der Waals surface area (Å²) in [5.74, 6) is 0.171. The first-order chi connectivity index (χ1) is 13.6. The summed E-state index contributed by atoms with van der Waals surface area (Å²) in [5.41, 5.74) is 0.831. The summed E-state index contributed by atoms with van der Waals surface area (Å²) in [6.07, 6.45) is 0. The first kappa shape index (κ1) is 18.9. The minimum Gasteiger partial charge on any atom is -0.422 e. The number of rotatable bonds is 5. The van der Waals surface area contributed by atoms with Crippen LogP contribution in [0.4, 0.5) is 5.13 Å². The molecule has 9 heteroatoms. The van der Waals surface area contributed by atoms with E-state index in [-0.39, 0.29) is 5.56 Å². The van der Waals surface area contributed by atoms with Crippen molar-refractivity contribution in [3.63, 3.8) is 0 Å². The number of para-hydroxylation sites is 1. The summed E-state index contributed by atoms with van der Waals surface area (Å²) in [6, 6.07) is 16.6. The smallest absolute Gasteiger partial charge is 0.349 e. The number of nitrogens with one attached hydrogen (secondary N) is 1. The number of thioether (sulfide) groups is 1. The highest BCUT2D eigenvalue weighted by molar-refractivity contribution is 9.10. The molecule has 0 saturated carbocycles. The number of carbonyl (C=O) groups excluding carboxylic acids is 1. The van der Waals surface area contributed by atoms with Crippen LogP contribution < -0.4 is 10.9 Å². The largest absolute Gasteiger partial charge is 0.422 e. The average molecular weight is 474 g/mol. The van der Waals surface area contributed by atoms with Gasteiger partial charge in [-0.1, -0.05) is 69.4 Å². The van der Waals surface area contributed by atoms with E-state index in [0.717, 1.165) is 20.1 Å². The van der Waals surface area contributed by atoms with E-state index in [2.05, 4.69) is 31.4 Å². The van der Waals surface area contributed by atoms with E-state index in [1.165, 1.54) is 29.2 Å². The predicted octanol–water partition coefficient (Wildman–Crippen LogP) is 4.95. The molecule has 0 unspecified atom stereocenters. The fourth-order valence-corrected chi connectivity index (χ4v) is 4.40. The number of carbonyl (C=O) groups is 1. The van der Waals surface area contributed by atoms with Crippen LogP contribution in [0.3, 0.4) is 0 Å².